The lowest BCUT2D eigenvalue weighted by Gasteiger charge is -2.32. The standard InChI is InChI=1S/C24H28N2OS/c1-3-22(27)18-10-11-24-21(17-18)19(20-7-4-5-9-23(20)28-24)8-6-12-26-15-13-25(2)14-16-26/h4-5,7-11,17H,3,6,12-16H2,1-2H3/b19-8-. The second kappa shape index (κ2) is 8.64. The highest BCUT2D eigenvalue weighted by Gasteiger charge is 2.22. The predicted octanol–water partition coefficient (Wildman–Crippen LogP) is 4.81. The van der Waals surface area contributed by atoms with Crippen molar-refractivity contribution in [3.8, 4) is 0 Å². The van der Waals surface area contributed by atoms with Gasteiger partial charge in [-0.1, -0.05) is 49.0 Å². The summed E-state index contributed by atoms with van der Waals surface area (Å²) >= 11 is 1.81. The van der Waals surface area contributed by atoms with Crippen molar-refractivity contribution in [2.24, 2.45) is 0 Å². The fraction of sp³-hybridized carbons (Fsp3) is 0.375. The third-order valence-electron chi connectivity index (χ3n) is 5.70. The van der Waals surface area contributed by atoms with Crippen LogP contribution in [0.25, 0.3) is 5.57 Å². The molecule has 2 aliphatic rings. The zero-order chi connectivity index (χ0) is 19.5. The molecule has 0 spiro atoms. The summed E-state index contributed by atoms with van der Waals surface area (Å²) in [5, 5.41) is 0. The van der Waals surface area contributed by atoms with Crippen molar-refractivity contribution in [3.63, 3.8) is 0 Å². The molecule has 0 amide bonds. The van der Waals surface area contributed by atoms with E-state index in [1.54, 1.807) is 0 Å². The first-order chi connectivity index (χ1) is 13.7. The molecule has 2 aromatic rings. The summed E-state index contributed by atoms with van der Waals surface area (Å²) in [5.41, 5.74) is 4.61. The highest BCUT2D eigenvalue weighted by Crippen LogP contribution is 2.45. The van der Waals surface area contributed by atoms with Crippen LogP contribution in [0.2, 0.25) is 0 Å². The average Bonchev–Trinajstić information content (AvgIpc) is 2.73. The predicted molar refractivity (Wildman–Crippen MR) is 117 cm³/mol. The Labute approximate surface area is 172 Å². The minimum atomic E-state index is 0.212. The Balaban J connectivity index is 1.62. The van der Waals surface area contributed by atoms with E-state index in [-0.39, 0.29) is 5.78 Å². The number of rotatable bonds is 5. The Morgan fingerprint density at radius 1 is 1.04 bits per heavy atom. The fourth-order valence-corrected chi connectivity index (χ4v) is 5.02. The van der Waals surface area contributed by atoms with Crippen LogP contribution in [0.4, 0.5) is 0 Å². The SMILES string of the molecule is CCC(=O)c1ccc2c(c1)/C(=C\CCN1CCN(C)CC1)c1ccccc1S2. The van der Waals surface area contributed by atoms with E-state index in [2.05, 4.69) is 59.3 Å². The normalized spacial score (nSPS) is 18.7. The lowest BCUT2D eigenvalue weighted by atomic mass is 9.93. The number of carbonyl (C=O) groups is 1. The summed E-state index contributed by atoms with van der Waals surface area (Å²) in [5.74, 6) is 0.212. The molecule has 2 aliphatic heterocycles. The summed E-state index contributed by atoms with van der Waals surface area (Å²) < 4.78 is 0. The molecule has 0 unspecified atom stereocenters. The second-order valence-electron chi connectivity index (χ2n) is 7.64. The number of likely N-dealkylation sites (N-methyl/N-ethyl adjacent to an activating group) is 1. The highest BCUT2D eigenvalue weighted by molar-refractivity contribution is 7.99. The van der Waals surface area contributed by atoms with Gasteiger partial charge in [-0.25, -0.2) is 0 Å². The molecular formula is C24H28N2OS. The van der Waals surface area contributed by atoms with Gasteiger partial charge in [0.25, 0.3) is 0 Å². The number of ketones is 1. The third-order valence-corrected chi connectivity index (χ3v) is 6.85. The van der Waals surface area contributed by atoms with Crippen LogP contribution in [0.5, 0.6) is 0 Å². The van der Waals surface area contributed by atoms with Crippen LogP contribution in [-0.2, 0) is 0 Å². The molecule has 0 N–H and O–H groups in total. The van der Waals surface area contributed by atoms with Crippen LogP contribution >= 0.6 is 11.8 Å². The molecule has 4 rings (SSSR count). The Morgan fingerprint density at radius 2 is 1.79 bits per heavy atom. The summed E-state index contributed by atoms with van der Waals surface area (Å²) in [7, 11) is 2.20. The number of nitrogens with zero attached hydrogens (tertiary/aromatic N) is 2. The van der Waals surface area contributed by atoms with Gasteiger partial charge >= 0.3 is 0 Å². The smallest absolute Gasteiger partial charge is 0.162 e. The van der Waals surface area contributed by atoms with Gasteiger partial charge in [-0.15, -0.1) is 0 Å². The first-order valence-corrected chi connectivity index (χ1v) is 11.0. The molecule has 1 fully saturated rings. The molecule has 4 heteroatoms. The molecule has 0 aliphatic carbocycles. The van der Waals surface area contributed by atoms with Crippen molar-refractivity contribution in [3.05, 3.63) is 65.2 Å². The van der Waals surface area contributed by atoms with Crippen molar-refractivity contribution < 1.29 is 4.79 Å². The maximum absolute atomic E-state index is 12.3. The molecule has 0 saturated carbocycles. The van der Waals surface area contributed by atoms with Gasteiger partial charge in [-0.2, -0.15) is 0 Å². The Kier molecular flexibility index (Phi) is 6.00. The largest absolute Gasteiger partial charge is 0.304 e. The molecule has 3 nitrogen and oxygen atoms in total. The zero-order valence-electron chi connectivity index (χ0n) is 16.8. The van der Waals surface area contributed by atoms with Crippen molar-refractivity contribution in [1.82, 2.24) is 9.80 Å². The van der Waals surface area contributed by atoms with Gasteiger partial charge in [0, 0.05) is 54.5 Å². The number of carbonyl (C=O) groups excluding carboxylic acids is 1. The summed E-state index contributed by atoms with van der Waals surface area (Å²) in [4.78, 5) is 19.8. The van der Waals surface area contributed by atoms with Crippen LogP contribution in [0.3, 0.4) is 0 Å². The molecule has 0 radical (unpaired) electrons. The van der Waals surface area contributed by atoms with Crippen LogP contribution in [0.15, 0.2) is 58.3 Å². The molecule has 146 valence electrons. The minimum Gasteiger partial charge on any atom is -0.304 e. The summed E-state index contributed by atoms with van der Waals surface area (Å²) in [6.07, 6.45) is 3.96. The summed E-state index contributed by atoms with van der Waals surface area (Å²) in [6.45, 7) is 7.63. The van der Waals surface area contributed by atoms with E-state index in [0.717, 1.165) is 44.7 Å². The lowest BCUT2D eigenvalue weighted by Crippen LogP contribution is -2.44. The molecule has 0 aromatic heterocycles. The average molecular weight is 393 g/mol. The molecular weight excluding hydrogens is 364 g/mol. The van der Waals surface area contributed by atoms with Crippen molar-refractivity contribution >= 4 is 23.1 Å². The molecule has 1 saturated heterocycles. The van der Waals surface area contributed by atoms with E-state index in [1.807, 2.05) is 24.8 Å². The summed E-state index contributed by atoms with van der Waals surface area (Å²) in [6, 6.07) is 14.8. The Morgan fingerprint density at radius 3 is 2.57 bits per heavy atom. The first kappa shape index (κ1) is 19.4. The monoisotopic (exact) mass is 392 g/mol. The highest BCUT2D eigenvalue weighted by atomic mass is 32.2. The maximum Gasteiger partial charge on any atom is 0.162 e. The quantitative estimate of drug-likeness (QED) is 0.581. The van der Waals surface area contributed by atoms with Crippen molar-refractivity contribution in [2.45, 2.75) is 29.6 Å². The zero-order valence-corrected chi connectivity index (χ0v) is 17.6. The van der Waals surface area contributed by atoms with Crippen LogP contribution in [0.1, 0.15) is 41.3 Å². The topological polar surface area (TPSA) is 23.6 Å². The Bertz CT molecular complexity index is 897. The van der Waals surface area contributed by atoms with E-state index < -0.39 is 0 Å². The number of hydrogen-bond donors (Lipinski definition) is 0. The van der Waals surface area contributed by atoms with E-state index in [1.165, 1.54) is 26.5 Å². The maximum atomic E-state index is 12.3. The van der Waals surface area contributed by atoms with Gasteiger partial charge in [0.05, 0.1) is 0 Å². The van der Waals surface area contributed by atoms with Gasteiger partial charge in [-0.3, -0.25) is 4.79 Å². The van der Waals surface area contributed by atoms with Gasteiger partial charge < -0.3 is 9.80 Å². The van der Waals surface area contributed by atoms with Gasteiger partial charge in [0.15, 0.2) is 5.78 Å². The first-order valence-electron chi connectivity index (χ1n) is 10.2. The van der Waals surface area contributed by atoms with Gasteiger partial charge in [0.2, 0.25) is 0 Å². The minimum absolute atomic E-state index is 0.212. The molecule has 2 aromatic carbocycles. The number of hydrogen-bond acceptors (Lipinski definition) is 4. The number of Topliss-reactive ketones (excluding diaryl/α,β-unsaturated/α-hetero) is 1. The molecule has 28 heavy (non-hydrogen) atoms. The van der Waals surface area contributed by atoms with Crippen LogP contribution < -0.4 is 0 Å². The van der Waals surface area contributed by atoms with Gasteiger partial charge in [0.1, 0.15) is 0 Å². The molecule has 0 atom stereocenters. The van der Waals surface area contributed by atoms with Crippen molar-refractivity contribution in [1.29, 1.82) is 0 Å². The number of benzene rings is 2. The van der Waals surface area contributed by atoms with E-state index in [9.17, 15) is 4.79 Å². The van der Waals surface area contributed by atoms with Crippen LogP contribution in [-0.4, -0.2) is 55.4 Å². The number of piperazine rings is 1. The molecule has 2 heterocycles. The van der Waals surface area contributed by atoms with Gasteiger partial charge in [-0.05, 0) is 48.4 Å². The van der Waals surface area contributed by atoms with E-state index >= 15 is 0 Å². The molecule has 0 bridgehead atoms. The second-order valence-corrected chi connectivity index (χ2v) is 8.72. The lowest BCUT2D eigenvalue weighted by molar-refractivity contribution is 0.0988. The number of fused-ring (bicyclic) bond motifs is 2. The Hall–Kier alpha value is -1.88. The third kappa shape index (κ3) is 4.09. The van der Waals surface area contributed by atoms with E-state index in [4.69, 9.17) is 0 Å². The van der Waals surface area contributed by atoms with Crippen molar-refractivity contribution in [2.75, 3.05) is 39.8 Å². The van der Waals surface area contributed by atoms with E-state index in [0.29, 0.717) is 6.42 Å². The fourth-order valence-electron chi connectivity index (χ4n) is 3.93. The van der Waals surface area contributed by atoms with Crippen LogP contribution in [0, 0.1) is 0 Å².